The Bertz CT molecular complexity index is 723. The number of carbonyl (C=O) groups excluding carboxylic acids is 1. The standard InChI is InChI=1S/C15H20F3N3O4S/c1-10-6-7-19-8-13(10)21-14(22)9-20-26(23,24)12-4-2-11(3-5-12)25-15(16,17)18/h2-5,10,13,19-20H,6-9H2,1H3,(H,21,22). The third-order valence-electron chi connectivity index (χ3n) is 3.96. The molecule has 0 aliphatic carbocycles. The van der Waals surface area contributed by atoms with E-state index >= 15 is 0 Å². The fourth-order valence-corrected chi connectivity index (χ4v) is 3.49. The highest BCUT2D eigenvalue weighted by molar-refractivity contribution is 7.89. The monoisotopic (exact) mass is 395 g/mol. The molecule has 1 aromatic carbocycles. The van der Waals surface area contributed by atoms with Crippen molar-refractivity contribution in [3.05, 3.63) is 24.3 Å². The van der Waals surface area contributed by atoms with Crippen LogP contribution in [0.1, 0.15) is 13.3 Å². The number of rotatable bonds is 6. The number of hydrogen-bond acceptors (Lipinski definition) is 5. The van der Waals surface area contributed by atoms with Gasteiger partial charge < -0.3 is 15.4 Å². The molecule has 1 fully saturated rings. The number of hydrogen-bond donors (Lipinski definition) is 3. The van der Waals surface area contributed by atoms with E-state index in [-0.39, 0.29) is 16.9 Å². The molecule has 1 amide bonds. The highest BCUT2D eigenvalue weighted by Crippen LogP contribution is 2.23. The van der Waals surface area contributed by atoms with E-state index in [4.69, 9.17) is 0 Å². The number of halogens is 3. The Kier molecular flexibility index (Phi) is 6.48. The Hall–Kier alpha value is -1.85. The van der Waals surface area contributed by atoms with Gasteiger partial charge in [-0.1, -0.05) is 6.92 Å². The highest BCUT2D eigenvalue weighted by atomic mass is 32.2. The molecule has 0 radical (unpaired) electrons. The second kappa shape index (κ2) is 8.23. The van der Waals surface area contributed by atoms with Gasteiger partial charge in [0.15, 0.2) is 0 Å². The third kappa shape index (κ3) is 6.15. The van der Waals surface area contributed by atoms with Crippen molar-refractivity contribution in [2.75, 3.05) is 19.6 Å². The van der Waals surface area contributed by atoms with E-state index in [0.29, 0.717) is 6.54 Å². The second-order valence-electron chi connectivity index (χ2n) is 5.99. The lowest BCUT2D eigenvalue weighted by atomic mass is 9.95. The van der Waals surface area contributed by atoms with Gasteiger partial charge in [0.25, 0.3) is 0 Å². The number of ether oxygens (including phenoxy) is 1. The van der Waals surface area contributed by atoms with Crippen LogP contribution in [0.2, 0.25) is 0 Å². The molecule has 7 nitrogen and oxygen atoms in total. The summed E-state index contributed by atoms with van der Waals surface area (Å²) in [6, 6.07) is 3.62. The zero-order chi connectivity index (χ0) is 19.4. The van der Waals surface area contributed by atoms with E-state index in [0.717, 1.165) is 37.2 Å². The van der Waals surface area contributed by atoms with Crippen molar-refractivity contribution >= 4 is 15.9 Å². The largest absolute Gasteiger partial charge is 0.573 e. The summed E-state index contributed by atoms with van der Waals surface area (Å²) in [5, 5.41) is 5.90. The summed E-state index contributed by atoms with van der Waals surface area (Å²) >= 11 is 0. The first-order valence-electron chi connectivity index (χ1n) is 7.92. The summed E-state index contributed by atoms with van der Waals surface area (Å²) in [6.07, 6.45) is -3.95. The average molecular weight is 395 g/mol. The normalized spacial score (nSPS) is 21.2. The lowest BCUT2D eigenvalue weighted by Gasteiger charge is -2.30. The lowest BCUT2D eigenvalue weighted by Crippen LogP contribution is -2.52. The van der Waals surface area contributed by atoms with Crippen molar-refractivity contribution in [1.29, 1.82) is 0 Å². The van der Waals surface area contributed by atoms with E-state index in [1.54, 1.807) is 0 Å². The molecule has 1 heterocycles. The number of alkyl halides is 3. The molecular formula is C15H20F3N3O4S. The van der Waals surface area contributed by atoms with Gasteiger partial charge >= 0.3 is 6.36 Å². The Labute approximate surface area is 149 Å². The van der Waals surface area contributed by atoms with Crippen molar-refractivity contribution < 1.29 is 31.1 Å². The minimum atomic E-state index is -4.86. The molecule has 0 spiro atoms. The first-order chi connectivity index (χ1) is 12.1. The third-order valence-corrected chi connectivity index (χ3v) is 5.38. The average Bonchev–Trinajstić information content (AvgIpc) is 2.54. The molecule has 1 aromatic rings. The molecule has 3 N–H and O–H groups in total. The Morgan fingerprint density at radius 1 is 1.31 bits per heavy atom. The summed E-state index contributed by atoms with van der Waals surface area (Å²) in [5.41, 5.74) is 0. The van der Waals surface area contributed by atoms with E-state index in [1.165, 1.54) is 0 Å². The Morgan fingerprint density at radius 2 is 1.96 bits per heavy atom. The minimum Gasteiger partial charge on any atom is -0.406 e. The van der Waals surface area contributed by atoms with Gasteiger partial charge in [0.2, 0.25) is 15.9 Å². The van der Waals surface area contributed by atoms with Gasteiger partial charge in [-0.2, -0.15) is 0 Å². The molecule has 0 saturated carbocycles. The van der Waals surface area contributed by atoms with Gasteiger partial charge in [-0.25, -0.2) is 13.1 Å². The van der Waals surface area contributed by atoms with Crippen LogP contribution in [0.5, 0.6) is 5.75 Å². The molecular weight excluding hydrogens is 375 g/mol. The summed E-state index contributed by atoms with van der Waals surface area (Å²) in [6.45, 7) is 3.02. The molecule has 0 aromatic heterocycles. The van der Waals surface area contributed by atoms with E-state index in [1.807, 2.05) is 6.92 Å². The Balaban J connectivity index is 1.90. The quantitative estimate of drug-likeness (QED) is 0.667. The molecule has 26 heavy (non-hydrogen) atoms. The number of benzene rings is 1. The number of carbonyl (C=O) groups is 1. The van der Waals surface area contributed by atoms with Crippen LogP contribution in [-0.2, 0) is 14.8 Å². The van der Waals surface area contributed by atoms with Crippen molar-refractivity contribution in [3.63, 3.8) is 0 Å². The second-order valence-corrected chi connectivity index (χ2v) is 7.75. The molecule has 1 saturated heterocycles. The lowest BCUT2D eigenvalue weighted by molar-refractivity contribution is -0.274. The maximum Gasteiger partial charge on any atom is 0.573 e. The zero-order valence-corrected chi connectivity index (χ0v) is 14.8. The molecule has 11 heteroatoms. The van der Waals surface area contributed by atoms with E-state index in [9.17, 15) is 26.4 Å². The SMILES string of the molecule is CC1CCNCC1NC(=O)CNS(=O)(=O)c1ccc(OC(F)(F)F)cc1. The molecule has 1 aliphatic heterocycles. The number of sulfonamides is 1. The summed E-state index contributed by atoms with van der Waals surface area (Å²) < 4.78 is 66.4. The maximum atomic E-state index is 12.1. The predicted octanol–water partition coefficient (Wildman–Crippen LogP) is 0.978. The van der Waals surface area contributed by atoms with Crippen LogP contribution >= 0.6 is 0 Å². The minimum absolute atomic E-state index is 0.0837. The molecule has 2 unspecified atom stereocenters. The van der Waals surface area contributed by atoms with Crippen LogP contribution in [0.25, 0.3) is 0 Å². The molecule has 146 valence electrons. The van der Waals surface area contributed by atoms with Gasteiger partial charge in [-0.05, 0) is 43.1 Å². The summed E-state index contributed by atoms with van der Waals surface area (Å²) in [7, 11) is -4.03. The van der Waals surface area contributed by atoms with Crippen LogP contribution in [0.3, 0.4) is 0 Å². The number of amides is 1. The van der Waals surface area contributed by atoms with Gasteiger partial charge in [0.05, 0.1) is 11.4 Å². The first-order valence-corrected chi connectivity index (χ1v) is 9.41. The van der Waals surface area contributed by atoms with Gasteiger partial charge in [-0.3, -0.25) is 4.79 Å². The smallest absolute Gasteiger partial charge is 0.406 e. The fourth-order valence-electron chi connectivity index (χ4n) is 2.51. The highest BCUT2D eigenvalue weighted by Gasteiger charge is 2.31. The zero-order valence-electron chi connectivity index (χ0n) is 14.0. The number of nitrogens with one attached hydrogen (secondary N) is 3. The summed E-state index contributed by atoms with van der Waals surface area (Å²) in [4.78, 5) is 11.7. The van der Waals surface area contributed by atoms with Crippen molar-refractivity contribution in [2.24, 2.45) is 5.92 Å². The Morgan fingerprint density at radius 3 is 2.54 bits per heavy atom. The van der Waals surface area contributed by atoms with E-state index in [2.05, 4.69) is 20.1 Å². The van der Waals surface area contributed by atoms with Crippen molar-refractivity contribution in [2.45, 2.75) is 30.6 Å². The molecule has 2 rings (SSSR count). The molecule has 1 aliphatic rings. The summed E-state index contributed by atoms with van der Waals surface area (Å²) in [5.74, 6) is -0.739. The van der Waals surface area contributed by atoms with Crippen LogP contribution < -0.4 is 20.1 Å². The van der Waals surface area contributed by atoms with Crippen LogP contribution in [0.4, 0.5) is 13.2 Å². The topological polar surface area (TPSA) is 96.5 Å². The molecule has 0 bridgehead atoms. The predicted molar refractivity (Wildman–Crippen MR) is 86.9 cm³/mol. The number of piperidine rings is 1. The fraction of sp³-hybridized carbons (Fsp3) is 0.533. The van der Waals surface area contributed by atoms with E-state index < -0.39 is 34.6 Å². The first kappa shape index (κ1) is 20.5. The van der Waals surface area contributed by atoms with Crippen LogP contribution in [0, 0.1) is 5.92 Å². The van der Waals surface area contributed by atoms with Gasteiger partial charge in [0.1, 0.15) is 5.75 Å². The van der Waals surface area contributed by atoms with Gasteiger partial charge in [-0.15, -0.1) is 13.2 Å². The van der Waals surface area contributed by atoms with Crippen LogP contribution in [0.15, 0.2) is 29.2 Å². The van der Waals surface area contributed by atoms with Crippen LogP contribution in [-0.4, -0.2) is 46.4 Å². The molecule has 2 atom stereocenters. The van der Waals surface area contributed by atoms with Crippen molar-refractivity contribution in [1.82, 2.24) is 15.4 Å². The van der Waals surface area contributed by atoms with Gasteiger partial charge in [0, 0.05) is 12.6 Å². The maximum absolute atomic E-state index is 12.1. The van der Waals surface area contributed by atoms with Crippen molar-refractivity contribution in [3.8, 4) is 5.75 Å².